The predicted octanol–water partition coefficient (Wildman–Crippen LogP) is 4.50. The molecule has 3 aromatic rings. The van der Waals surface area contributed by atoms with E-state index in [1.165, 1.54) is 17.4 Å². The molecule has 0 aliphatic rings. The molecule has 0 atom stereocenters. The number of anilines is 1. The van der Waals surface area contributed by atoms with Gasteiger partial charge in [0.25, 0.3) is 0 Å². The fourth-order valence-corrected chi connectivity index (χ4v) is 3.66. The van der Waals surface area contributed by atoms with Gasteiger partial charge >= 0.3 is 11.7 Å². The summed E-state index contributed by atoms with van der Waals surface area (Å²) in [6, 6.07) is 10.2. The Bertz CT molecular complexity index is 1190. The highest BCUT2D eigenvalue weighted by molar-refractivity contribution is 7.13. The molecule has 0 amide bonds. The van der Waals surface area contributed by atoms with E-state index in [2.05, 4.69) is 15.5 Å². The van der Waals surface area contributed by atoms with Crippen molar-refractivity contribution in [1.82, 2.24) is 4.98 Å². The molecule has 11 heteroatoms. The van der Waals surface area contributed by atoms with Crippen LogP contribution < -0.4 is 14.9 Å². The van der Waals surface area contributed by atoms with Gasteiger partial charge in [-0.15, -0.1) is 11.3 Å². The number of aromatic nitrogens is 1. The van der Waals surface area contributed by atoms with Gasteiger partial charge < -0.3 is 14.2 Å². The van der Waals surface area contributed by atoms with Gasteiger partial charge in [0.1, 0.15) is 12.4 Å². The minimum absolute atomic E-state index is 0.0753. The highest BCUT2D eigenvalue weighted by Gasteiger charge is 2.16. The van der Waals surface area contributed by atoms with E-state index < -0.39 is 4.92 Å². The molecule has 1 N–H and O–H groups in total. The summed E-state index contributed by atoms with van der Waals surface area (Å²) in [6.45, 7) is 3.94. The largest absolute Gasteiger partial charge is 0.496 e. The second kappa shape index (κ2) is 11.8. The summed E-state index contributed by atoms with van der Waals surface area (Å²) in [4.78, 5) is 26.7. The standard InChI is InChI=1S/C23H24N4O6S/c1-4-32-22(28)11-18-14-34-23(25-18)26-24-12-16-6-8-20(31-3)17(10-16)13-33-21-7-5-15(2)9-19(21)27(29)30/h5-10,12,14H,4,11,13H2,1-3H3,(H,25,26). The van der Waals surface area contributed by atoms with Gasteiger partial charge in [0.2, 0.25) is 5.13 Å². The van der Waals surface area contributed by atoms with Crippen LogP contribution in [0.25, 0.3) is 0 Å². The zero-order valence-electron chi connectivity index (χ0n) is 18.9. The van der Waals surface area contributed by atoms with Crippen LogP contribution in [0.2, 0.25) is 0 Å². The third-order valence-electron chi connectivity index (χ3n) is 4.56. The number of thiazole rings is 1. The SMILES string of the molecule is CCOC(=O)Cc1csc(NN=Cc2ccc(OC)c(COc3ccc(C)cc3[N+](=O)[O-])c2)n1. The van der Waals surface area contributed by atoms with E-state index in [0.717, 1.165) is 11.1 Å². The minimum atomic E-state index is -0.467. The number of aryl methyl sites for hydroxylation is 1. The van der Waals surface area contributed by atoms with Crippen molar-refractivity contribution >= 4 is 34.3 Å². The van der Waals surface area contributed by atoms with Gasteiger partial charge in [0, 0.05) is 17.0 Å². The molecule has 0 fully saturated rings. The molecule has 1 heterocycles. The summed E-state index contributed by atoms with van der Waals surface area (Å²) in [7, 11) is 1.54. The normalized spacial score (nSPS) is 10.8. The van der Waals surface area contributed by atoms with Gasteiger partial charge in [0.05, 0.1) is 37.0 Å². The van der Waals surface area contributed by atoms with Crippen molar-refractivity contribution in [2.24, 2.45) is 5.10 Å². The molecule has 10 nitrogen and oxygen atoms in total. The average molecular weight is 485 g/mol. The fraction of sp³-hybridized carbons (Fsp3) is 0.261. The Morgan fingerprint density at radius 2 is 2.06 bits per heavy atom. The predicted molar refractivity (Wildman–Crippen MR) is 129 cm³/mol. The maximum absolute atomic E-state index is 11.6. The Morgan fingerprint density at radius 3 is 2.79 bits per heavy atom. The summed E-state index contributed by atoms with van der Waals surface area (Å²) in [5, 5.41) is 17.8. The third kappa shape index (κ3) is 6.75. The molecule has 0 saturated carbocycles. The van der Waals surface area contributed by atoms with Crippen LogP contribution in [0, 0.1) is 17.0 Å². The number of carbonyl (C=O) groups excluding carboxylic acids is 1. The highest BCUT2D eigenvalue weighted by Crippen LogP contribution is 2.30. The number of carbonyl (C=O) groups is 1. The number of hydrogen-bond donors (Lipinski definition) is 1. The third-order valence-corrected chi connectivity index (χ3v) is 5.35. The van der Waals surface area contributed by atoms with Crippen molar-refractivity contribution in [2.75, 3.05) is 19.1 Å². The van der Waals surface area contributed by atoms with Crippen LogP contribution in [0.15, 0.2) is 46.9 Å². The summed E-state index contributed by atoms with van der Waals surface area (Å²) in [6.07, 6.45) is 1.71. The van der Waals surface area contributed by atoms with E-state index in [4.69, 9.17) is 14.2 Å². The molecule has 0 spiro atoms. The molecule has 2 aromatic carbocycles. The van der Waals surface area contributed by atoms with Crippen LogP contribution in [0.5, 0.6) is 11.5 Å². The second-order valence-corrected chi connectivity index (χ2v) is 7.94. The number of hydrazone groups is 1. The van der Waals surface area contributed by atoms with Crippen LogP contribution in [0.1, 0.15) is 29.3 Å². The second-order valence-electron chi connectivity index (χ2n) is 7.08. The maximum Gasteiger partial charge on any atom is 0.311 e. The van der Waals surface area contributed by atoms with Gasteiger partial charge in [-0.2, -0.15) is 5.10 Å². The molecule has 0 aliphatic carbocycles. The molecule has 0 unspecified atom stereocenters. The lowest BCUT2D eigenvalue weighted by atomic mass is 10.1. The molecule has 0 radical (unpaired) electrons. The van der Waals surface area contributed by atoms with Crippen LogP contribution >= 0.6 is 11.3 Å². The zero-order valence-corrected chi connectivity index (χ0v) is 19.8. The van der Waals surface area contributed by atoms with Crippen molar-refractivity contribution in [3.8, 4) is 11.5 Å². The molecule has 0 saturated heterocycles. The monoisotopic (exact) mass is 484 g/mol. The van der Waals surface area contributed by atoms with Gasteiger partial charge in [0.15, 0.2) is 5.75 Å². The number of nitro benzene ring substituents is 1. The molecule has 3 rings (SSSR count). The van der Waals surface area contributed by atoms with Gasteiger partial charge in [-0.3, -0.25) is 20.3 Å². The van der Waals surface area contributed by atoms with Gasteiger partial charge in [-0.25, -0.2) is 4.98 Å². The highest BCUT2D eigenvalue weighted by atomic mass is 32.1. The number of methoxy groups -OCH3 is 1. The quantitative estimate of drug-likeness (QED) is 0.183. The lowest BCUT2D eigenvalue weighted by Gasteiger charge is -2.11. The zero-order chi connectivity index (χ0) is 24.5. The summed E-state index contributed by atoms with van der Waals surface area (Å²) < 4.78 is 16.0. The van der Waals surface area contributed by atoms with E-state index in [1.54, 1.807) is 50.8 Å². The number of benzene rings is 2. The number of nitro groups is 1. The number of nitrogens with zero attached hydrogens (tertiary/aromatic N) is 3. The summed E-state index contributed by atoms with van der Waals surface area (Å²) in [5.41, 5.74) is 5.59. The number of nitrogens with one attached hydrogen (secondary N) is 1. The molecule has 178 valence electrons. The first-order valence-corrected chi connectivity index (χ1v) is 11.2. The average Bonchev–Trinajstić information content (AvgIpc) is 3.25. The lowest BCUT2D eigenvalue weighted by molar-refractivity contribution is -0.386. The van der Waals surface area contributed by atoms with Crippen LogP contribution in [-0.2, 0) is 22.6 Å². The van der Waals surface area contributed by atoms with Gasteiger partial charge in [-0.05, 0) is 49.2 Å². The summed E-state index contributed by atoms with van der Waals surface area (Å²) >= 11 is 1.33. The first-order chi connectivity index (χ1) is 16.4. The Kier molecular flexibility index (Phi) is 8.52. The number of ether oxygens (including phenoxy) is 3. The topological polar surface area (TPSA) is 125 Å². The van der Waals surface area contributed by atoms with Crippen molar-refractivity contribution in [3.63, 3.8) is 0 Å². The van der Waals surface area contributed by atoms with Crippen molar-refractivity contribution < 1.29 is 23.9 Å². The summed E-state index contributed by atoms with van der Waals surface area (Å²) in [5.74, 6) is 0.441. The molecule has 0 aliphatic heterocycles. The maximum atomic E-state index is 11.6. The Morgan fingerprint density at radius 1 is 1.26 bits per heavy atom. The van der Waals surface area contributed by atoms with E-state index in [1.807, 2.05) is 12.1 Å². The smallest absolute Gasteiger partial charge is 0.311 e. The van der Waals surface area contributed by atoms with Crippen molar-refractivity contribution in [3.05, 3.63) is 74.3 Å². The van der Waals surface area contributed by atoms with Crippen LogP contribution in [0.4, 0.5) is 10.8 Å². The molecule has 0 bridgehead atoms. The fourth-order valence-electron chi connectivity index (χ4n) is 3.00. The number of rotatable bonds is 11. The number of esters is 1. The Balaban J connectivity index is 1.66. The van der Waals surface area contributed by atoms with Gasteiger partial charge in [-0.1, -0.05) is 6.07 Å². The van der Waals surface area contributed by atoms with E-state index in [-0.39, 0.29) is 30.4 Å². The van der Waals surface area contributed by atoms with E-state index in [0.29, 0.717) is 28.7 Å². The van der Waals surface area contributed by atoms with Crippen LogP contribution in [-0.4, -0.2) is 35.8 Å². The van der Waals surface area contributed by atoms with Crippen LogP contribution in [0.3, 0.4) is 0 Å². The lowest BCUT2D eigenvalue weighted by Crippen LogP contribution is -2.07. The van der Waals surface area contributed by atoms with Crippen molar-refractivity contribution in [1.29, 1.82) is 0 Å². The Hall–Kier alpha value is -3.99. The first kappa shape index (κ1) is 24.6. The molecular weight excluding hydrogens is 460 g/mol. The molecule has 34 heavy (non-hydrogen) atoms. The van der Waals surface area contributed by atoms with Crippen molar-refractivity contribution in [2.45, 2.75) is 26.9 Å². The van der Waals surface area contributed by atoms with E-state index in [9.17, 15) is 14.9 Å². The Labute approximate surface area is 200 Å². The molecule has 1 aromatic heterocycles. The minimum Gasteiger partial charge on any atom is -0.496 e. The van der Waals surface area contributed by atoms with E-state index >= 15 is 0 Å². The number of hydrogen-bond acceptors (Lipinski definition) is 10. The molecular formula is C23H24N4O6S. The first-order valence-electron chi connectivity index (χ1n) is 10.3.